The lowest BCUT2D eigenvalue weighted by Gasteiger charge is -2.25. The highest BCUT2D eigenvalue weighted by Crippen LogP contribution is 2.37. The van der Waals surface area contributed by atoms with Crippen LogP contribution in [0, 0.1) is 0 Å². The molecule has 4 heteroatoms. The highest BCUT2D eigenvalue weighted by molar-refractivity contribution is 6.02. The van der Waals surface area contributed by atoms with Crippen LogP contribution in [0.2, 0.25) is 0 Å². The number of fused-ring (bicyclic) bond motifs is 1. The van der Waals surface area contributed by atoms with Gasteiger partial charge in [0.25, 0.3) is 5.91 Å². The molecule has 1 aromatic carbocycles. The summed E-state index contributed by atoms with van der Waals surface area (Å²) in [6, 6.07) is 8.01. The number of hydrogen-bond acceptors (Lipinski definition) is 2. The van der Waals surface area contributed by atoms with Crippen molar-refractivity contribution < 1.29 is 9.59 Å². The summed E-state index contributed by atoms with van der Waals surface area (Å²) in [6.07, 6.45) is 0.780. The average Bonchev–Trinajstić information content (AvgIpc) is 2.79. The fourth-order valence-electron chi connectivity index (χ4n) is 3.05. The van der Waals surface area contributed by atoms with Crippen LogP contribution in [-0.4, -0.2) is 41.4 Å². The van der Waals surface area contributed by atoms with E-state index in [1.807, 2.05) is 12.1 Å². The Morgan fingerprint density at radius 3 is 2.56 bits per heavy atom. The number of hydrogen-bond donors (Lipinski definition) is 0. The van der Waals surface area contributed by atoms with Crippen molar-refractivity contribution in [3.05, 3.63) is 35.4 Å². The number of likely N-dealkylation sites (N-methyl/N-ethyl adjacent to an activating group) is 1. The summed E-state index contributed by atoms with van der Waals surface area (Å²) in [5, 5.41) is 0. The number of nitrogens with zero attached hydrogens (tertiary/aromatic N) is 2. The molecule has 1 saturated heterocycles. The summed E-state index contributed by atoms with van der Waals surface area (Å²) in [6.45, 7) is 2.30. The van der Waals surface area contributed by atoms with Crippen molar-refractivity contribution in [1.29, 1.82) is 0 Å². The molecule has 0 unspecified atom stereocenters. The highest BCUT2D eigenvalue weighted by atomic mass is 16.2. The lowest BCUT2D eigenvalue weighted by Crippen LogP contribution is -2.42. The van der Waals surface area contributed by atoms with E-state index in [-0.39, 0.29) is 30.4 Å². The van der Waals surface area contributed by atoms with Crippen LogP contribution in [0.4, 0.5) is 4.79 Å². The molecule has 1 fully saturated rings. The number of rotatable bonds is 1. The van der Waals surface area contributed by atoms with Crippen molar-refractivity contribution in [3.8, 4) is 0 Å². The zero-order chi connectivity index (χ0) is 12.9. The van der Waals surface area contributed by atoms with Gasteiger partial charge in [0.1, 0.15) is 6.54 Å². The van der Waals surface area contributed by atoms with Crippen LogP contribution in [0.1, 0.15) is 24.0 Å². The Hall–Kier alpha value is -1.84. The first-order chi connectivity index (χ1) is 8.59. The van der Waals surface area contributed by atoms with Crippen LogP contribution in [0.3, 0.4) is 0 Å². The predicted octanol–water partition coefficient (Wildman–Crippen LogP) is 1.61. The first-order valence-corrected chi connectivity index (χ1v) is 6.24. The smallest absolute Gasteiger partial charge is 0.318 e. The van der Waals surface area contributed by atoms with Gasteiger partial charge in [0, 0.05) is 13.0 Å². The monoisotopic (exact) mass is 244 g/mol. The molecule has 1 aliphatic carbocycles. The minimum atomic E-state index is -0.162. The molecule has 3 amide bonds. The Balaban J connectivity index is 1.93. The van der Waals surface area contributed by atoms with E-state index < -0.39 is 0 Å². The fourth-order valence-corrected chi connectivity index (χ4v) is 3.05. The first-order valence-electron chi connectivity index (χ1n) is 6.24. The molecular formula is C14H16N2O2. The van der Waals surface area contributed by atoms with Crippen molar-refractivity contribution in [1.82, 2.24) is 9.80 Å². The molecule has 1 aromatic rings. The Kier molecular flexibility index (Phi) is 2.40. The Labute approximate surface area is 106 Å². The average molecular weight is 244 g/mol. The normalized spacial score (nSPS) is 27.0. The van der Waals surface area contributed by atoms with E-state index in [4.69, 9.17) is 0 Å². The molecular weight excluding hydrogens is 228 g/mol. The standard InChI is InChI=1S/C14H16N2O2/c1-9-11-6-4-3-5-10(11)7-12(9)16-13(17)8-15(2)14(16)18/h3-6,9,12H,7-8H2,1-2H3/t9-,12+/m0/s1. The van der Waals surface area contributed by atoms with Gasteiger partial charge in [-0.1, -0.05) is 31.2 Å². The largest absolute Gasteiger partial charge is 0.327 e. The van der Waals surface area contributed by atoms with Crippen LogP contribution < -0.4 is 0 Å². The van der Waals surface area contributed by atoms with E-state index in [0.29, 0.717) is 0 Å². The molecule has 2 aliphatic rings. The number of carbonyl (C=O) groups is 2. The van der Waals surface area contributed by atoms with Crippen LogP contribution in [0.25, 0.3) is 0 Å². The molecule has 0 aromatic heterocycles. The zero-order valence-corrected chi connectivity index (χ0v) is 10.6. The second-order valence-electron chi connectivity index (χ2n) is 5.16. The Morgan fingerprint density at radius 2 is 1.94 bits per heavy atom. The molecule has 3 rings (SSSR count). The van der Waals surface area contributed by atoms with E-state index >= 15 is 0 Å². The lowest BCUT2D eigenvalue weighted by molar-refractivity contribution is -0.126. The van der Waals surface area contributed by atoms with Gasteiger partial charge in [-0.2, -0.15) is 0 Å². The molecule has 4 nitrogen and oxygen atoms in total. The van der Waals surface area contributed by atoms with Crippen molar-refractivity contribution in [2.75, 3.05) is 13.6 Å². The molecule has 94 valence electrons. The molecule has 1 heterocycles. The van der Waals surface area contributed by atoms with Crippen LogP contribution in [0.5, 0.6) is 0 Å². The maximum atomic E-state index is 12.0. The maximum absolute atomic E-state index is 12.0. The minimum absolute atomic E-state index is 0.0210. The third-order valence-corrected chi connectivity index (χ3v) is 4.06. The number of carbonyl (C=O) groups excluding carboxylic acids is 2. The van der Waals surface area contributed by atoms with Crippen molar-refractivity contribution in [2.24, 2.45) is 0 Å². The van der Waals surface area contributed by atoms with Gasteiger partial charge >= 0.3 is 6.03 Å². The van der Waals surface area contributed by atoms with Gasteiger partial charge in [-0.15, -0.1) is 0 Å². The number of amides is 3. The van der Waals surface area contributed by atoms with Crippen LogP contribution >= 0.6 is 0 Å². The second kappa shape index (κ2) is 3.83. The van der Waals surface area contributed by atoms with E-state index in [0.717, 1.165) is 6.42 Å². The molecule has 0 saturated carbocycles. The fraction of sp³-hybridized carbons (Fsp3) is 0.429. The summed E-state index contributed by atoms with van der Waals surface area (Å²) in [5.74, 6) is 0.146. The molecule has 0 bridgehead atoms. The van der Waals surface area contributed by atoms with Crippen LogP contribution in [-0.2, 0) is 11.2 Å². The minimum Gasteiger partial charge on any atom is -0.318 e. The molecule has 18 heavy (non-hydrogen) atoms. The van der Waals surface area contributed by atoms with E-state index in [1.54, 1.807) is 7.05 Å². The quantitative estimate of drug-likeness (QED) is 0.704. The van der Waals surface area contributed by atoms with Gasteiger partial charge in [0.05, 0.1) is 6.04 Å². The molecule has 0 N–H and O–H groups in total. The van der Waals surface area contributed by atoms with E-state index in [9.17, 15) is 9.59 Å². The van der Waals surface area contributed by atoms with E-state index in [2.05, 4.69) is 19.1 Å². The topological polar surface area (TPSA) is 40.6 Å². The van der Waals surface area contributed by atoms with Gasteiger partial charge in [0.15, 0.2) is 0 Å². The van der Waals surface area contributed by atoms with Gasteiger partial charge < -0.3 is 4.90 Å². The third kappa shape index (κ3) is 1.45. The van der Waals surface area contributed by atoms with Gasteiger partial charge in [-0.05, 0) is 17.5 Å². The van der Waals surface area contributed by atoms with E-state index in [1.165, 1.54) is 20.9 Å². The Bertz CT molecular complexity index is 526. The van der Waals surface area contributed by atoms with Gasteiger partial charge in [-0.3, -0.25) is 9.69 Å². The molecule has 1 aliphatic heterocycles. The lowest BCUT2D eigenvalue weighted by atomic mass is 10.00. The molecule has 0 spiro atoms. The highest BCUT2D eigenvalue weighted by Gasteiger charge is 2.43. The van der Waals surface area contributed by atoms with Crippen molar-refractivity contribution in [3.63, 3.8) is 0 Å². The number of imide groups is 1. The number of benzene rings is 1. The van der Waals surface area contributed by atoms with Gasteiger partial charge in [-0.25, -0.2) is 4.79 Å². The summed E-state index contributed by atoms with van der Waals surface area (Å²) < 4.78 is 0. The maximum Gasteiger partial charge on any atom is 0.327 e. The first kappa shape index (κ1) is 11.3. The summed E-state index contributed by atoms with van der Waals surface area (Å²) >= 11 is 0. The number of urea groups is 1. The SMILES string of the molecule is C[C@H]1c2ccccc2C[C@H]1N1C(=O)CN(C)C1=O. The second-order valence-corrected chi connectivity index (χ2v) is 5.16. The van der Waals surface area contributed by atoms with Gasteiger partial charge in [0.2, 0.25) is 0 Å². The van der Waals surface area contributed by atoms with Crippen LogP contribution in [0.15, 0.2) is 24.3 Å². The Morgan fingerprint density at radius 1 is 1.22 bits per heavy atom. The zero-order valence-electron chi connectivity index (χ0n) is 10.6. The third-order valence-electron chi connectivity index (χ3n) is 4.06. The van der Waals surface area contributed by atoms with Crippen molar-refractivity contribution in [2.45, 2.75) is 25.3 Å². The summed E-state index contributed by atoms with van der Waals surface area (Å²) in [4.78, 5) is 26.9. The van der Waals surface area contributed by atoms with Crippen molar-refractivity contribution >= 4 is 11.9 Å². The molecule has 2 atom stereocenters. The summed E-state index contributed by atoms with van der Waals surface area (Å²) in [7, 11) is 1.67. The predicted molar refractivity (Wildman–Crippen MR) is 67.2 cm³/mol. The molecule has 0 radical (unpaired) electrons. The summed E-state index contributed by atoms with van der Waals surface area (Å²) in [5.41, 5.74) is 2.52.